The summed E-state index contributed by atoms with van der Waals surface area (Å²) in [7, 11) is -3.83. The van der Waals surface area contributed by atoms with E-state index in [2.05, 4.69) is 0 Å². The predicted octanol–water partition coefficient (Wildman–Crippen LogP) is 2.85. The summed E-state index contributed by atoms with van der Waals surface area (Å²) in [4.78, 5) is 12.6. The van der Waals surface area contributed by atoms with Gasteiger partial charge in [0.1, 0.15) is 10.8 Å². The number of hydrogen-bond donors (Lipinski definition) is 1. The number of rotatable bonds is 5. The van der Waals surface area contributed by atoms with Crippen LogP contribution in [0.15, 0.2) is 53.4 Å². The minimum absolute atomic E-state index is 0.122. The summed E-state index contributed by atoms with van der Waals surface area (Å²) in [6.07, 6.45) is 0. The summed E-state index contributed by atoms with van der Waals surface area (Å²) in [6.45, 7) is 3.65. The number of hydrogen-bond acceptors (Lipinski definition) is 5. The molecular weight excluding hydrogens is 374 g/mol. The highest BCUT2D eigenvalue weighted by Crippen LogP contribution is 2.56. The Morgan fingerprint density at radius 1 is 1.23 bits per heavy atom. The lowest BCUT2D eigenvalue weighted by atomic mass is 10.1. The number of esters is 1. The van der Waals surface area contributed by atoms with Gasteiger partial charge in [0.15, 0.2) is 9.84 Å². The van der Waals surface area contributed by atoms with Crippen LogP contribution in [0.2, 0.25) is 5.02 Å². The highest BCUT2D eigenvalue weighted by atomic mass is 35.5. The van der Waals surface area contributed by atoms with Gasteiger partial charge >= 0.3 is 5.97 Å². The van der Waals surface area contributed by atoms with Crippen molar-refractivity contribution in [3.05, 3.63) is 64.7 Å². The molecule has 1 aliphatic rings. The van der Waals surface area contributed by atoms with Crippen LogP contribution in [-0.2, 0) is 19.4 Å². The van der Waals surface area contributed by atoms with Gasteiger partial charge in [-0.1, -0.05) is 41.4 Å². The molecule has 0 aromatic heterocycles. The molecular formula is C19H20ClNO4S. The Balaban J connectivity index is 2.07. The molecule has 0 heterocycles. The summed E-state index contributed by atoms with van der Waals surface area (Å²) in [5, 5.41) is -0.651. The highest BCUT2D eigenvalue weighted by molar-refractivity contribution is 7.92. The molecule has 2 aromatic carbocycles. The second kappa shape index (κ2) is 6.68. The van der Waals surface area contributed by atoms with Gasteiger partial charge in [0.25, 0.3) is 0 Å². The fourth-order valence-corrected chi connectivity index (χ4v) is 5.76. The molecule has 0 aliphatic heterocycles. The van der Waals surface area contributed by atoms with Crippen LogP contribution in [0.5, 0.6) is 0 Å². The fraction of sp³-hybridized carbons (Fsp3) is 0.316. The van der Waals surface area contributed by atoms with Crippen LogP contribution in [0, 0.1) is 6.92 Å². The molecule has 0 saturated heterocycles. The summed E-state index contributed by atoms with van der Waals surface area (Å²) in [6, 6.07) is 13.2. The van der Waals surface area contributed by atoms with E-state index >= 15 is 0 Å². The Morgan fingerprint density at radius 3 is 2.46 bits per heavy atom. The van der Waals surface area contributed by atoms with Crippen molar-refractivity contribution in [2.24, 2.45) is 5.73 Å². The molecule has 1 fully saturated rings. The van der Waals surface area contributed by atoms with Gasteiger partial charge in [-0.2, -0.15) is 0 Å². The predicted molar refractivity (Wildman–Crippen MR) is 99.9 cm³/mol. The standard InChI is InChI=1S/C19H20ClNO4S/c1-3-25-18(22)19(21)16(13-5-4-6-14(20)11-13)17(19)26(23,24)15-9-7-12(2)8-10-15/h4-11,16-17H,3,21H2,1-2H3/t16-,17+,19+/m1/s1. The normalized spacial score (nSPS) is 24.9. The average molecular weight is 394 g/mol. The summed E-state index contributed by atoms with van der Waals surface area (Å²) < 4.78 is 31.4. The van der Waals surface area contributed by atoms with E-state index in [1.54, 1.807) is 43.3 Å². The summed E-state index contributed by atoms with van der Waals surface area (Å²) >= 11 is 6.04. The number of halogens is 1. The van der Waals surface area contributed by atoms with Crippen LogP contribution in [0.4, 0.5) is 0 Å². The highest BCUT2D eigenvalue weighted by Gasteiger charge is 2.74. The zero-order valence-electron chi connectivity index (χ0n) is 14.5. The van der Waals surface area contributed by atoms with Gasteiger partial charge in [0.2, 0.25) is 0 Å². The molecule has 3 rings (SSSR count). The van der Waals surface area contributed by atoms with Gasteiger partial charge in [0.05, 0.1) is 11.5 Å². The fourth-order valence-electron chi connectivity index (χ4n) is 3.33. The first kappa shape index (κ1) is 18.9. The molecule has 1 saturated carbocycles. The van der Waals surface area contributed by atoms with Crippen molar-refractivity contribution in [3.63, 3.8) is 0 Å². The van der Waals surface area contributed by atoms with E-state index in [1.807, 2.05) is 6.92 Å². The molecule has 0 unspecified atom stereocenters. The third-order valence-electron chi connectivity index (χ3n) is 4.70. The maximum Gasteiger partial charge on any atom is 0.328 e. The molecule has 2 aromatic rings. The SMILES string of the molecule is CCOC(=O)[C@]1(N)[C@H](c2cccc(Cl)c2)[C@@H]1S(=O)(=O)c1ccc(C)cc1. The number of aryl methyl sites for hydroxylation is 1. The second-order valence-electron chi connectivity index (χ2n) is 6.46. The zero-order valence-corrected chi connectivity index (χ0v) is 16.0. The summed E-state index contributed by atoms with van der Waals surface area (Å²) in [5.74, 6) is -1.43. The Morgan fingerprint density at radius 2 is 1.88 bits per heavy atom. The molecule has 26 heavy (non-hydrogen) atoms. The lowest BCUT2D eigenvalue weighted by Crippen LogP contribution is -2.41. The second-order valence-corrected chi connectivity index (χ2v) is 8.97. The molecule has 0 amide bonds. The molecule has 0 bridgehead atoms. The van der Waals surface area contributed by atoms with E-state index in [1.165, 1.54) is 12.1 Å². The Hall–Kier alpha value is -1.89. The van der Waals surface area contributed by atoms with Crippen LogP contribution >= 0.6 is 11.6 Å². The molecule has 0 radical (unpaired) electrons. The lowest BCUT2D eigenvalue weighted by molar-refractivity contribution is -0.145. The third kappa shape index (κ3) is 3.02. The van der Waals surface area contributed by atoms with E-state index in [-0.39, 0.29) is 11.5 Å². The Bertz CT molecular complexity index is 942. The number of benzene rings is 2. The molecule has 0 spiro atoms. The van der Waals surface area contributed by atoms with Gasteiger partial charge in [-0.15, -0.1) is 0 Å². The Labute approximate surface area is 158 Å². The van der Waals surface area contributed by atoms with Crippen molar-refractivity contribution in [1.82, 2.24) is 0 Å². The van der Waals surface area contributed by atoms with E-state index in [0.29, 0.717) is 10.6 Å². The first-order valence-electron chi connectivity index (χ1n) is 8.25. The van der Waals surface area contributed by atoms with Gasteiger partial charge in [0, 0.05) is 10.9 Å². The van der Waals surface area contributed by atoms with Crippen molar-refractivity contribution in [2.45, 2.75) is 35.4 Å². The van der Waals surface area contributed by atoms with E-state index < -0.39 is 32.5 Å². The van der Waals surface area contributed by atoms with E-state index in [4.69, 9.17) is 22.1 Å². The number of nitrogens with two attached hydrogens (primary N) is 1. The molecule has 138 valence electrons. The van der Waals surface area contributed by atoms with Crippen LogP contribution < -0.4 is 5.73 Å². The average Bonchev–Trinajstić information content (AvgIpc) is 3.24. The topological polar surface area (TPSA) is 86.5 Å². The van der Waals surface area contributed by atoms with Crippen molar-refractivity contribution in [2.75, 3.05) is 6.61 Å². The first-order valence-corrected chi connectivity index (χ1v) is 10.2. The van der Waals surface area contributed by atoms with Gasteiger partial charge < -0.3 is 10.5 Å². The smallest absolute Gasteiger partial charge is 0.328 e. The number of ether oxygens (including phenoxy) is 1. The number of carbonyl (C=O) groups is 1. The maximum absolute atomic E-state index is 13.2. The van der Waals surface area contributed by atoms with Crippen LogP contribution in [0.1, 0.15) is 24.0 Å². The van der Waals surface area contributed by atoms with Crippen LogP contribution in [0.3, 0.4) is 0 Å². The quantitative estimate of drug-likeness (QED) is 0.789. The minimum atomic E-state index is -3.83. The number of sulfone groups is 1. The van der Waals surface area contributed by atoms with Crippen molar-refractivity contribution >= 4 is 27.4 Å². The van der Waals surface area contributed by atoms with Crippen LogP contribution in [-0.4, -0.2) is 31.8 Å². The largest absolute Gasteiger partial charge is 0.465 e. The zero-order chi connectivity index (χ0) is 19.1. The van der Waals surface area contributed by atoms with Gasteiger partial charge in [-0.05, 0) is 43.7 Å². The van der Waals surface area contributed by atoms with Crippen molar-refractivity contribution < 1.29 is 17.9 Å². The summed E-state index contributed by atoms with van der Waals surface area (Å²) in [5.41, 5.74) is 6.21. The van der Waals surface area contributed by atoms with E-state index in [0.717, 1.165) is 5.56 Å². The van der Waals surface area contributed by atoms with Crippen LogP contribution in [0.25, 0.3) is 0 Å². The minimum Gasteiger partial charge on any atom is -0.465 e. The maximum atomic E-state index is 13.2. The molecule has 1 aliphatic carbocycles. The number of carbonyl (C=O) groups excluding carboxylic acids is 1. The van der Waals surface area contributed by atoms with Crippen molar-refractivity contribution in [3.8, 4) is 0 Å². The molecule has 5 nitrogen and oxygen atoms in total. The molecule has 7 heteroatoms. The van der Waals surface area contributed by atoms with Crippen molar-refractivity contribution in [1.29, 1.82) is 0 Å². The molecule has 2 N–H and O–H groups in total. The Kier molecular flexibility index (Phi) is 4.86. The third-order valence-corrected chi connectivity index (χ3v) is 7.19. The van der Waals surface area contributed by atoms with Gasteiger partial charge in [-0.3, -0.25) is 0 Å². The molecule has 3 atom stereocenters. The van der Waals surface area contributed by atoms with Gasteiger partial charge in [-0.25, -0.2) is 13.2 Å². The monoisotopic (exact) mass is 393 g/mol. The first-order chi connectivity index (χ1) is 12.2. The lowest BCUT2D eigenvalue weighted by Gasteiger charge is -2.11. The van der Waals surface area contributed by atoms with E-state index in [9.17, 15) is 13.2 Å².